The summed E-state index contributed by atoms with van der Waals surface area (Å²) in [5.41, 5.74) is 18.2. The van der Waals surface area contributed by atoms with E-state index < -0.39 is 0 Å². The lowest BCUT2D eigenvalue weighted by atomic mass is 9.75. The summed E-state index contributed by atoms with van der Waals surface area (Å²) in [7, 11) is 0. The van der Waals surface area contributed by atoms with Crippen molar-refractivity contribution >= 4 is 22.7 Å². The Hall–Kier alpha value is -3.84. The third-order valence-corrected chi connectivity index (χ3v) is 7.73. The summed E-state index contributed by atoms with van der Waals surface area (Å²) in [5, 5.41) is 18.1. The summed E-state index contributed by atoms with van der Waals surface area (Å²) >= 11 is 0. The van der Waals surface area contributed by atoms with Crippen LogP contribution in [-0.2, 0) is 0 Å². The van der Waals surface area contributed by atoms with Gasteiger partial charge >= 0.3 is 0 Å². The fourth-order valence-electron chi connectivity index (χ4n) is 4.87. The van der Waals surface area contributed by atoms with Gasteiger partial charge < -0.3 is 21.9 Å². The minimum absolute atomic E-state index is 0.137. The van der Waals surface area contributed by atoms with Crippen LogP contribution in [0.1, 0.15) is 39.2 Å². The van der Waals surface area contributed by atoms with Crippen molar-refractivity contribution in [2.75, 3.05) is 5.32 Å². The van der Waals surface area contributed by atoms with Crippen LogP contribution in [0.2, 0.25) is 0 Å². The largest absolute Gasteiger partial charge is 0.508 e. The first kappa shape index (κ1) is 22.9. The van der Waals surface area contributed by atoms with Crippen LogP contribution in [0.15, 0.2) is 78.0 Å². The van der Waals surface area contributed by atoms with Crippen LogP contribution < -0.4 is 16.8 Å². The highest BCUT2D eigenvalue weighted by atomic mass is 16.3. The SMILES string of the molecule is CC1(N)CCC(Nc2c(C(N)=Nc3ccc(O)cc3)cnn3cc(-c4ccccc4)cc23)C1(C)C. The van der Waals surface area contributed by atoms with Crippen molar-refractivity contribution in [1.82, 2.24) is 9.61 Å². The summed E-state index contributed by atoms with van der Waals surface area (Å²) in [6.07, 6.45) is 5.67. The molecule has 1 aliphatic rings. The molecule has 7 heteroatoms. The predicted octanol–water partition coefficient (Wildman–Crippen LogP) is 5.06. The van der Waals surface area contributed by atoms with E-state index in [9.17, 15) is 5.11 Å². The van der Waals surface area contributed by atoms with Gasteiger partial charge in [-0.1, -0.05) is 44.2 Å². The lowest BCUT2D eigenvalue weighted by Crippen LogP contribution is -2.51. The quantitative estimate of drug-likeness (QED) is 0.241. The Bertz CT molecular complexity index is 1390. The van der Waals surface area contributed by atoms with Crippen LogP contribution in [0.3, 0.4) is 0 Å². The van der Waals surface area contributed by atoms with Crippen LogP contribution >= 0.6 is 0 Å². The molecule has 2 aromatic heterocycles. The number of nitrogens with one attached hydrogen (secondary N) is 1. The van der Waals surface area contributed by atoms with Crippen LogP contribution in [0.4, 0.5) is 11.4 Å². The molecule has 1 saturated carbocycles. The van der Waals surface area contributed by atoms with E-state index in [0.717, 1.165) is 40.7 Å². The molecule has 2 aromatic carbocycles. The number of phenolic OH excluding ortho intramolecular Hbond substituents is 1. The summed E-state index contributed by atoms with van der Waals surface area (Å²) in [6.45, 7) is 6.57. The van der Waals surface area contributed by atoms with Crippen molar-refractivity contribution in [1.29, 1.82) is 0 Å². The van der Waals surface area contributed by atoms with E-state index in [1.165, 1.54) is 0 Å². The third-order valence-electron chi connectivity index (χ3n) is 7.73. The molecule has 35 heavy (non-hydrogen) atoms. The van der Waals surface area contributed by atoms with E-state index in [2.05, 4.69) is 54.4 Å². The lowest BCUT2D eigenvalue weighted by Gasteiger charge is -2.39. The van der Waals surface area contributed by atoms with E-state index in [-0.39, 0.29) is 22.7 Å². The summed E-state index contributed by atoms with van der Waals surface area (Å²) in [5.74, 6) is 0.532. The number of hydrogen-bond donors (Lipinski definition) is 4. The summed E-state index contributed by atoms with van der Waals surface area (Å²) in [6, 6.07) is 19.2. The molecular formula is C28H32N6O. The van der Waals surface area contributed by atoms with Crippen molar-refractivity contribution in [3.63, 3.8) is 0 Å². The molecule has 4 aromatic rings. The Balaban J connectivity index is 1.64. The van der Waals surface area contributed by atoms with Crippen LogP contribution in [0.25, 0.3) is 16.6 Å². The number of rotatable bonds is 5. The zero-order valence-electron chi connectivity index (χ0n) is 20.4. The highest BCUT2D eigenvalue weighted by molar-refractivity contribution is 6.06. The van der Waals surface area contributed by atoms with E-state index in [4.69, 9.17) is 11.5 Å². The number of nitrogens with two attached hydrogens (primary N) is 2. The topological polar surface area (TPSA) is 114 Å². The number of fused-ring (bicyclic) bond motifs is 1. The molecular weight excluding hydrogens is 436 g/mol. The van der Waals surface area contributed by atoms with Crippen molar-refractivity contribution in [3.8, 4) is 16.9 Å². The maximum absolute atomic E-state index is 9.60. The second kappa shape index (κ2) is 8.43. The van der Waals surface area contributed by atoms with Gasteiger partial charge in [0.1, 0.15) is 11.6 Å². The Morgan fingerprint density at radius 1 is 1.09 bits per heavy atom. The average Bonchev–Trinajstić information content (AvgIpc) is 3.36. The molecule has 0 aliphatic heterocycles. The Kier molecular flexibility index (Phi) is 5.52. The number of benzene rings is 2. The van der Waals surface area contributed by atoms with E-state index >= 15 is 0 Å². The molecule has 5 rings (SSSR count). The molecule has 2 heterocycles. The van der Waals surface area contributed by atoms with E-state index in [1.54, 1.807) is 30.5 Å². The molecule has 0 spiro atoms. The number of aromatic nitrogens is 2. The Labute approximate surface area is 205 Å². The standard InChI is InChI=1S/C28H32N6O/c1-27(2)24(13-14-28(27,3)30)33-25-22(26(29)32-20-9-11-21(35)12-10-20)16-31-34-17-19(15-23(25)34)18-7-5-4-6-8-18/h4-12,15-17,24,33,35H,13-14,30H2,1-3H3,(H2,29,32). The van der Waals surface area contributed by atoms with Crippen LogP contribution in [0, 0.1) is 5.41 Å². The minimum Gasteiger partial charge on any atom is -0.508 e. The second-order valence-electron chi connectivity index (χ2n) is 10.2. The van der Waals surface area contributed by atoms with Crippen molar-refractivity contribution < 1.29 is 5.11 Å². The molecule has 0 radical (unpaired) electrons. The number of anilines is 1. The van der Waals surface area contributed by atoms with E-state index in [0.29, 0.717) is 11.5 Å². The first-order valence-electron chi connectivity index (χ1n) is 11.9. The highest BCUT2D eigenvalue weighted by Crippen LogP contribution is 2.46. The van der Waals surface area contributed by atoms with Gasteiger partial charge in [-0.15, -0.1) is 0 Å². The number of phenols is 1. The summed E-state index contributed by atoms with van der Waals surface area (Å²) < 4.78 is 1.88. The fourth-order valence-corrected chi connectivity index (χ4v) is 4.87. The van der Waals surface area contributed by atoms with Crippen molar-refractivity contribution in [2.45, 2.75) is 45.2 Å². The van der Waals surface area contributed by atoms with Crippen molar-refractivity contribution in [2.24, 2.45) is 21.9 Å². The Morgan fingerprint density at radius 3 is 2.46 bits per heavy atom. The number of amidine groups is 1. The molecule has 180 valence electrons. The predicted molar refractivity (Wildman–Crippen MR) is 142 cm³/mol. The number of hydrogen-bond acceptors (Lipinski definition) is 5. The normalized spacial score (nSPS) is 21.9. The second-order valence-corrected chi connectivity index (χ2v) is 10.2. The maximum atomic E-state index is 9.60. The van der Waals surface area contributed by atoms with Crippen LogP contribution in [0.5, 0.6) is 5.75 Å². The number of nitrogens with zero attached hydrogens (tertiary/aromatic N) is 3. The molecule has 2 atom stereocenters. The molecule has 0 saturated heterocycles. The van der Waals surface area contributed by atoms with Crippen LogP contribution in [-0.4, -0.2) is 32.1 Å². The monoisotopic (exact) mass is 468 g/mol. The molecule has 0 amide bonds. The minimum atomic E-state index is -0.281. The number of aliphatic imine (C=N–C) groups is 1. The molecule has 6 N–H and O–H groups in total. The third kappa shape index (κ3) is 4.12. The van der Waals surface area contributed by atoms with E-state index in [1.807, 2.05) is 28.9 Å². The van der Waals surface area contributed by atoms with Crippen molar-refractivity contribution in [3.05, 3.63) is 78.6 Å². The molecule has 1 fully saturated rings. The maximum Gasteiger partial charge on any atom is 0.135 e. The zero-order valence-corrected chi connectivity index (χ0v) is 20.4. The molecule has 7 nitrogen and oxygen atoms in total. The summed E-state index contributed by atoms with van der Waals surface area (Å²) in [4.78, 5) is 4.61. The fraction of sp³-hybridized carbons (Fsp3) is 0.286. The van der Waals surface area contributed by atoms with Gasteiger partial charge in [-0.05, 0) is 55.7 Å². The first-order valence-corrected chi connectivity index (χ1v) is 11.9. The van der Waals surface area contributed by atoms with Gasteiger partial charge in [0.25, 0.3) is 0 Å². The van der Waals surface area contributed by atoms with Gasteiger partial charge in [0, 0.05) is 28.8 Å². The average molecular weight is 469 g/mol. The van der Waals surface area contributed by atoms with Gasteiger partial charge in [-0.2, -0.15) is 5.10 Å². The van der Waals surface area contributed by atoms with Gasteiger partial charge in [0.05, 0.1) is 28.7 Å². The van der Waals surface area contributed by atoms with Gasteiger partial charge in [0.15, 0.2) is 0 Å². The highest BCUT2D eigenvalue weighted by Gasteiger charge is 2.49. The smallest absolute Gasteiger partial charge is 0.135 e. The zero-order chi connectivity index (χ0) is 24.8. The molecule has 0 bridgehead atoms. The van der Waals surface area contributed by atoms with Gasteiger partial charge in [-0.3, -0.25) is 0 Å². The number of aromatic hydroxyl groups is 1. The molecule has 2 unspecified atom stereocenters. The lowest BCUT2D eigenvalue weighted by molar-refractivity contribution is 0.215. The van der Waals surface area contributed by atoms with Gasteiger partial charge in [-0.25, -0.2) is 9.51 Å². The Morgan fingerprint density at radius 2 is 1.80 bits per heavy atom. The van der Waals surface area contributed by atoms with Gasteiger partial charge in [0.2, 0.25) is 0 Å². The first-order chi connectivity index (χ1) is 16.7. The molecule has 1 aliphatic carbocycles.